The van der Waals surface area contributed by atoms with Crippen molar-refractivity contribution in [3.8, 4) is 44.5 Å². The molecule has 236 valence electrons. The number of para-hydroxylation sites is 4. The molecule has 50 heavy (non-hydrogen) atoms. The number of H-pyrrole nitrogens is 1. The lowest BCUT2D eigenvalue weighted by Gasteiger charge is -2.12. The van der Waals surface area contributed by atoms with E-state index in [-0.39, 0.29) is 5.65 Å². The van der Waals surface area contributed by atoms with Crippen LogP contribution in [0.3, 0.4) is 0 Å². The van der Waals surface area contributed by atoms with Gasteiger partial charge in [-0.15, -0.1) is 0 Å². The van der Waals surface area contributed by atoms with Gasteiger partial charge in [0.2, 0.25) is 0 Å². The standard InChI is InChI=1S/C43H25N3O4/c47-42-44-41-36(28-21-19-27(20-22-28)31-10-6-12-35-33-8-2-4-14-38(33)50-40(31)35)23-29(24-46(41)43(48)45-42)25-15-17-26(18-16-25)30-9-5-11-34-32-7-1-3-13-37(32)49-39(30)34/h1-24H,(H,45,47,48). The number of fused-ring (bicyclic) bond motifs is 7. The van der Waals surface area contributed by atoms with Crippen molar-refractivity contribution < 1.29 is 8.83 Å². The minimum absolute atomic E-state index is 0.280. The fraction of sp³-hybridized carbons (Fsp3) is 0. The second kappa shape index (κ2) is 10.8. The number of hydrogen-bond donors (Lipinski definition) is 1. The molecule has 0 bridgehead atoms. The number of pyridine rings is 1. The van der Waals surface area contributed by atoms with Crippen molar-refractivity contribution in [3.63, 3.8) is 0 Å². The average Bonchev–Trinajstić information content (AvgIpc) is 3.73. The van der Waals surface area contributed by atoms with Crippen LogP contribution in [0, 0.1) is 0 Å². The molecule has 0 aliphatic heterocycles. The predicted molar refractivity (Wildman–Crippen MR) is 198 cm³/mol. The van der Waals surface area contributed by atoms with Gasteiger partial charge < -0.3 is 8.83 Å². The van der Waals surface area contributed by atoms with Gasteiger partial charge in [0.15, 0.2) is 5.65 Å². The van der Waals surface area contributed by atoms with Crippen LogP contribution in [-0.2, 0) is 0 Å². The van der Waals surface area contributed by atoms with Gasteiger partial charge in [0.25, 0.3) is 0 Å². The summed E-state index contributed by atoms with van der Waals surface area (Å²) in [6.07, 6.45) is 1.72. The molecule has 7 heteroatoms. The summed E-state index contributed by atoms with van der Waals surface area (Å²) in [6.45, 7) is 0. The highest BCUT2D eigenvalue weighted by atomic mass is 16.3. The second-order valence-electron chi connectivity index (χ2n) is 12.4. The number of furan rings is 2. The van der Waals surface area contributed by atoms with E-state index in [0.717, 1.165) is 82.8 Å². The van der Waals surface area contributed by atoms with Crippen molar-refractivity contribution in [2.75, 3.05) is 0 Å². The Kier molecular flexibility index (Phi) is 6.04. The molecule has 0 saturated carbocycles. The Hall–Kier alpha value is -6.99. The van der Waals surface area contributed by atoms with Crippen LogP contribution in [0.2, 0.25) is 0 Å². The molecule has 4 heterocycles. The SMILES string of the molecule is O=c1nc2c(-c3ccc(-c4cccc5c4oc4ccccc45)cc3)cc(-c3ccc(-c4cccc5c4oc4ccccc45)cc3)cn2c(=O)[nH]1. The fourth-order valence-corrected chi connectivity index (χ4v) is 7.12. The van der Waals surface area contributed by atoms with Crippen LogP contribution < -0.4 is 11.4 Å². The lowest BCUT2D eigenvalue weighted by Crippen LogP contribution is -2.28. The second-order valence-corrected chi connectivity index (χ2v) is 12.4. The largest absolute Gasteiger partial charge is 0.455 e. The molecule has 0 unspecified atom stereocenters. The number of aromatic amines is 1. The molecule has 0 spiro atoms. The normalized spacial score (nSPS) is 11.8. The number of nitrogens with one attached hydrogen (secondary N) is 1. The first kappa shape index (κ1) is 28.1. The van der Waals surface area contributed by atoms with Crippen molar-refractivity contribution >= 4 is 49.5 Å². The quantitative estimate of drug-likeness (QED) is 0.205. The Morgan fingerprint density at radius 3 is 1.52 bits per heavy atom. The van der Waals surface area contributed by atoms with E-state index < -0.39 is 11.4 Å². The van der Waals surface area contributed by atoms with Gasteiger partial charge in [0.05, 0.1) is 0 Å². The van der Waals surface area contributed by atoms with Crippen LogP contribution in [0.5, 0.6) is 0 Å². The fourth-order valence-electron chi connectivity index (χ4n) is 7.12. The minimum Gasteiger partial charge on any atom is -0.455 e. The third-order valence-corrected chi connectivity index (χ3v) is 9.52. The van der Waals surface area contributed by atoms with Crippen LogP contribution >= 0.6 is 0 Å². The van der Waals surface area contributed by atoms with E-state index in [2.05, 4.69) is 58.5 Å². The highest BCUT2D eigenvalue weighted by molar-refractivity contribution is 6.10. The van der Waals surface area contributed by atoms with Crippen LogP contribution in [0.1, 0.15) is 0 Å². The van der Waals surface area contributed by atoms with Crippen LogP contribution in [0.4, 0.5) is 0 Å². The molecule has 6 aromatic carbocycles. The number of benzene rings is 6. The van der Waals surface area contributed by atoms with Crippen LogP contribution in [0.15, 0.2) is 164 Å². The van der Waals surface area contributed by atoms with E-state index in [0.29, 0.717) is 5.56 Å². The average molecular weight is 648 g/mol. The Balaban J connectivity index is 1.07. The molecule has 0 saturated heterocycles. The molecule has 10 rings (SSSR count). The molecule has 0 aliphatic rings. The van der Waals surface area contributed by atoms with Crippen molar-refractivity contribution in [1.29, 1.82) is 0 Å². The van der Waals surface area contributed by atoms with Gasteiger partial charge in [-0.2, -0.15) is 4.98 Å². The molecule has 0 aliphatic carbocycles. The number of hydrogen-bond acceptors (Lipinski definition) is 5. The maximum absolute atomic E-state index is 13.1. The topological polar surface area (TPSA) is 93.5 Å². The minimum atomic E-state index is -0.693. The smallest absolute Gasteiger partial charge is 0.351 e. The van der Waals surface area contributed by atoms with Crippen molar-refractivity contribution in [1.82, 2.24) is 14.4 Å². The monoisotopic (exact) mass is 647 g/mol. The molecule has 0 fully saturated rings. The highest BCUT2D eigenvalue weighted by Gasteiger charge is 2.16. The van der Waals surface area contributed by atoms with Gasteiger partial charge in [-0.25, -0.2) is 9.59 Å². The lowest BCUT2D eigenvalue weighted by molar-refractivity contribution is 0.669. The van der Waals surface area contributed by atoms with Gasteiger partial charge in [-0.3, -0.25) is 9.38 Å². The first-order valence-corrected chi connectivity index (χ1v) is 16.3. The van der Waals surface area contributed by atoms with Crippen molar-refractivity contribution in [3.05, 3.63) is 167 Å². The Morgan fingerprint density at radius 2 is 0.960 bits per heavy atom. The summed E-state index contributed by atoms with van der Waals surface area (Å²) in [7, 11) is 0. The first-order chi connectivity index (χ1) is 24.6. The summed E-state index contributed by atoms with van der Waals surface area (Å²) in [5.41, 5.74) is 9.56. The van der Waals surface area contributed by atoms with Gasteiger partial charge in [-0.1, -0.05) is 121 Å². The van der Waals surface area contributed by atoms with Gasteiger partial charge >= 0.3 is 11.4 Å². The zero-order valence-corrected chi connectivity index (χ0v) is 26.4. The molecule has 7 nitrogen and oxygen atoms in total. The first-order valence-electron chi connectivity index (χ1n) is 16.3. The number of nitrogens with zero attached hydrogens (tertiary/aromatic N) is 2. The maximum Gasteiger partial charge on any atom is 0.351 e. The lowest BCUT2D eigenvalue weighted by atomic mass is 9.96. The molecule has 10 aromatic rings. The zero-order valence-electron chi connectivity index (χ0n) is 26.4. The molecule has 0 atom stereocenters. The number of rotatable bonds is 4. The van der Waals surface area contributed by atoms with Crippen LogP contribution in [-0.4, -0.2) is 14.4 Å². The Morgan fingerprint density at radius 1 is 0.480 bits per heavy atom. The Bertz CT molecular complexity index is 3070. The zero-order chi connectivity index (χ0) is 33.3. The highest BCUT2D eigenvalue weighted by Crippen LogP contribution is 2.39. The summed E-state index contributed by atoms with van der Waals surface area (Å²) in [5, 5.41) is 4.29. The summed E-state index contributed by atoms with van der Waals surface area (Å²) in [4.78, 5) is 32.0. The van der Waals surface area contributed by atoms with Crippen molar-refractivity contribution in [2.24, 2.45) is 0 Å². The molecule has 0 amide bonds. The third-order valence-electron chi connectivity index (χ3n) is 9.52. The summed E-state index contributed by atoms with van der Waals surface area (Å²) in [6, 6.07) is 46.6. The van der Waals surface area contributed by atoms with E-state index in [9.17, 15) is 9.59 Å². The van der Waals surface area contributed by atoms with E-state index in [4.69, 9.17) is 8.83 Å². The van der Waals surface area contributed by atoms with E-state index in [1.54, 1.807) is 6.20 Å². The molecule has 4 aromatic heterocycles. The Labute approximate surface area is 283 Å². The molecular formula is C43H25N3O4. The van der Waals surface area contributed by atoms with Crippen molar-refractivity contribution in [2.45, 2.75) is 0 Å². The molecule has 1 N–H and O–H groups in total. The summed E-state index contributed by atoms with van der Waals surface area (Å²) < 4.78 is 14.0. The van der Waals surface area contributed by atoms with E-state index >= 15 is 0 Å². The summed E-state index contributed by atoms with van der Waals surface area (Å²) in [5.74, 6) is 0. The molecule has 0 radical (unpaired) electrons. The van der Waals surface area contributed by atoms with Crippen LogP contribution in [0.25, 0.3) is 94.0 Å². The van der Waals surface area contributed by atoms with E-state index in [1.807, 2.05) is 91.0 Å². The maximum atomic E-state index is 13.1. The summed E-state index contributed by atoms with van der Waals surface area (Å²) >= 11 is 0. The molecular weight excluding hydrogens is 622 g/mol. The third kappa shape index (κ3) is 4.34. The van der Waals surface area contributed by atoms with Gasteiger partial charge in [0, 0.05) is 44.4 Å². The van der Waals surface area contributed by atoms with E-state index in [1.165, 1.54) is 4.40 Å². The number of aromatic nitrogens is 3. The predicted octanol–water partition coefficient (Wildman–Crippen LogP) is 9.85. The van der Waals surface area contributed by atoms with Gasteiger partial charge in [-0.05, 0) is 46.0 Å². The van der Waals surface area contributed by atoms with Gasteiger partial charge in [0.1, 0.15) is 22.3 Å².